The summed E-state index contributed by atoms with van der Waals surface area (Å²) in [5.74, 6) is -3.96. The zero-order valence-corrected chi connectivity index (χ0v) is 30.8. The van der Waals surface area contributed by atoms with Crippen molar-refractivity contribution in [2.75, 3.05) is 6.54 Å². The molecule has 0 unspecified atom stereocenters. The van der Waals surface area contributed by atoms with Crippen LogP contribution >= 0.6 is 0 Å². The molecule has 0 aliphatic carbocycles. The fourth-order valence-electron chi connectivity index (χ4n) is 7.21. The van der Waals surface area contributed by atoms with Crippen molar-refractivity contribution in [2.24, 2.45) is 0 Å². The molecular formula is C41H47N7O7. The number of aromatic amines is 1. The minimum Gasteiger partial charge on any atom is -0.391 e. The molecule has 0 saturated carbocycles. The van der Waals surface area contributed by atoms with Crippen LogP contribution in [0.3, 0.4) is 0 Å². The molecule has 0 bridgehead atoms. The summed E-state index contributed by atoms with van der Waals surface area (Å²) in [6, 6.07) is 18.3. The molecule has 14 nitrogen and oxygen atoms in total. The predicted octanol–water partition coefficient (Wildman–Crippen LogP) is 1.03. The van der Waals surface area contributed by atoms with Gasteiger partial charge in [-0.15, -0.1) is 0 Å². The third-order valence-electron chi connectivity index (χ3n) is 10.2. The van der Waals surface area contributed by atoms with Crippen LogP contribution in [-0.4, -0.2) is 99.3 Å². The van der Waals surface area contributed by atoms with E-state index in [2.05, 4.69) is 31.6 Å². The Morgan fingerprint density at radius 2 is 1.22 bits per heavy atom. The molecule has 1 aromatic heterocycles. The quantitative estimate of drug-likeness (QED) is 0.146. The number of hydrogen-bond acceptors (Lipinski definition) is 7. The number of para-hydroxylation sites is 1. The molecule has 2 saturated heterocycles. The summed E-state index contributed by atoms with van der Waals surface area (Å²) in [4.78, 5) is 88.6. The maximum absolute atomic E-state index is 14.2. The van der Waals surface area contributed by atoms with Gasteiger partial charge in [-0.3, -0.25) is 28.8 Å². The van der Waals surface area contributed by atoms with E-state index in [-0.39, 0.29) is 25.8 Å². The standard InChI is InChI=1S/C41H47N7O7/c1-24-36(50)44-32(22-28-23-42-30-17-10-9-16-29(28)30)37(51)45-31(20-26-12-5-3-6-13-26)38(52)47-35(25(2)49)40(54)46-33(21-27-14-7-4-8-15-27)41(55)48-19-11-18-34(48)39(53)43-24/h3-10,12-17,23-25,31-35,42,49H,11,18-22H2,1-2H3,(H,43,53)(H,44,50)(H,45,51)(H,46,54)(H,47,52)/t24-,25+,31-,32+,33-,34-,35-/m0/s1. The molecule has 0 radical (unpaired) electrons. The van der Waals surface area contributed by atoms with Crippen LogP contribution < -0.4 is 26.6 Å². The number of H-pyrrole nitrogens is 1. The molecule has 7 atom stereocenters. The average Bonchev–Trinajstić information content (AvgIpc) is 3.84. The Labute approximate surface area is 318 Å². The number of hydrogen-bond donors (Lipinski definition) is 7. The van der Waals surface area contributed by atoms with Crippen LogP contribution in [0.4, 0.5) is 0 Å². The SMILES string of the molecule is C[C@@H]1NC(=O)[C@@H]2CCCN2C(=O)[C@H](Cc2ccccc2)NC(=O)[C@H]([C@@H](C)O)NC(=O)[C@H](Cc2ccccc2)NC(=O)[C@@H](Cc2c[nH]c3ccccc23)NC1=O. The summed E-state index contributed by atoms with van der Waals surface area (Å²) in [7, 11) is 0. The minimum atomic E-state index is -1.52. The van der Waals surface area contributed by atoms with Crippen molar-refractivity contribution >= 4 is 46.3 Å². The Hall–Kier alpha value is -6.02. The molecule has 0 spiro atoms. The third-order valence-corrected chi connectivity index (χ3v) is 10.2. The zero-order chi connectivity index (χ0) is 39.1. The van der Waals surface area contributed by atoms with Crippen molar-refractivity contribution in [1.29, 1.82) is 0 Å². The van der Waals surface area contributed by atoms with Crippen LogP contribution in [0, 0.1) is 0 Å². The number of benzene rings is 3. The lowest BCUT2D eigenvalue weighted by atomic mass is 10.0. The van der Waals surface area contributed by atoms with Crippen LogP contribution in [-0.2, 0) is 48.0 Å². The monoisotopic (exact) mass is 749 g/mol. The number of aliphatic hydroxyl groups is 1. The van der Waals surface area contributed by atoms with Crippen LogP contribution in [0.25, 0.3) is 10.9 Å². The van der Waals surface area contributed by atoms with Gasteiger partial charge < -0.3 is 41.6 Å². The Bertz CT molecular complexity index is 2020. The highest BCUT2D eigenvalue weighted by Gasteiger charge is 2.40. The molecule has 288 valence electrons. The van der Waals surface area contributed by atoms with E-state index in [0.29, 0.717) is 18.4 Å². The average molecular weight is 750 g/mol. The Morgan fingerprint density at radius 1 is 0.655 bits per heavy atom. The van der Waals surface area contributed by atoms with Gasteiger partial charge in [-0.2, -0.15) is 0 Å². The first-order chi connectivity index (χ1) is 26.5. The fraction of sp³-hybridized carbons (Fsp3) is 0.366. The maximum atomic E-state index is 14.2. The highest BCUT2D eigenvalue weighted by molar-refractivity contribution is 5.99. The smallest absolute Gasteiger partial charge is 0.246 e. The van der Waals surface area contributed by atoms with Gasteiger partial charge in [0.05, 0.1) is 6.10 Å². The first-order valence-electron chi connectivity index (χ1n) is 18.6. The van der Waals surface area contributed by atoms with Gasteiger partial charge in [0, 0.05) is 42.9 Å². The number of rotatable bonds is 7. The summed E-state index contributed by atoms with van der Waals surface area (Å²) < 4.78 is 0. The Balaban J connectivity index is 1.36. The summed E-state index contributed by atoms with van der Waals surface area (Å²) in [5.41, 5.74) is 3.00. The van der Waals surface area contributed by atoms with Gasteiger partial charge in [-0.1, -0.05) is 78.9 Å². The van der Waals surface area contributed by atoms with Crippen LogP contribution in [0.1, 0.15) is 43.4 Å². The number of carbonyl (C=O) groups is 6. The van der Waals surface area contributed by atoms with E-state index in [4.69, 9.17) is 0 Å². The number of carbonyl (C=O) groups excluding carboxylic acids is 6. The number of nitrogens with one attached hydrogen (secondary N) is 6. The predicted molar refractivity (Wildman–Crippen MR) is 204 cm³/mol. The Kier molecular flexibility index (Phi) is 12.3. The van der Waals surface area contributed by atoms with Crippen LogP contribution in [0.2, 0.25) is 0 Å². The second-order valence-corrected chi connectivity index (χ2v) is 14.3. The molecule has 6 rings (SSSR count). The maximum Gasteiger partial charge on any atom is 0.246 e. The van der Waals surface area contributed by atoms with Gasteiger partial charge in [0.25, 0.3) is 0 Å². The number of aromatic nitrogens is 1. The molecule has 2 fully saturated rings. The second kappa shape index (κ2) is 17.4. The van der Waals surface area contributed by atoms with E-state index in [9.17, 15) is 33.9 Å². The molecule has 6 amide bonds. The van der Waals surface area contributed by atoms with Gasteiger partial charge in [0.15, 0.2) is 0 Å². The van der Waals surface area contributed by atoms with Gasteiger partial charge in [-0.05, 0) is 49.4 Å². The molecule has 2 aliphatic rings. The van der Waals surface area contributed by atoms with E-state index in [1.165, 1.54) is 18.7 Å². The number of nitrogens with zero attached hydrogens (tertiary/aromatic N) is 1. The number of amides is 6. The third kappa shape index (κ3) is 9.38. The van der Waals surface area contributed by atoms with Crippen molar-refractivity contribution in [3.05, 3.63) is 108 Å². The van der Waals surface area contributed by atoms with Crippen LogP contribution in [0.5, 0.6) is 0 Å². The van der Waals surface area contributed by atoms with E-state index in [1.807, 2.05) is 36.4 Å². The van der Waals surface area contributed by atoms with Gasteiger partial charge >= 0.3 is 0 Å². The lowest BCUT2D eigenvalue weighted by Crippen LogP contribution is -2.63. The molecule has 2 aliphatic heterocycles. The highest BCUT2D eigenvalue weighted by atomic mass is 16.3. The van der Waals surface area contributed by atoms with Gasteiger partial charge in [-0.25, -0.2) is 0 Å². The van der Waals surface area contributed by atoms with Crippen molar-refractivity contribution in [3.8, 4) is 0 Å². The van der Waals surface area contributed by atoms with Crippen molar-refractivity contribution in [1.82, 2.24) is 36.5 Å². The minimum absolute atomic E-state index is 0.0121. The molecule has 55 heavy (non-hydrogen) atoms. The Morgan fingerprint density at radius 3 is 1.89 bits per heavy atom. The molecule has 4 aromatic rings. The number of fused-ring (bicyclic) bond motifs is 2. The highest BCUT2D eigenvalue weighted by Crippen LogP contribution is 2.22. The number of aliphatic hydroxyl groups excluding tert-OH is 1. The van der Waals surface area contributed by atoms with Gasteiger partial charge in [0.2, 0.25) is 35.4 Å². The molecule has 3 heterocycles. The first-order valence-corrected chi connectivity index (χ1v) is 18.6. The van der Waals surface area contributed by atoms with Gasteiger partial charge in [0.1, 0.15) is 36.3 Å². The van der Waals surface area contributed by atoms with Crippen molar-refractivity contribution < 1.29 is 33.9 Å². The summed E-state index contributed by atoms with van der Waals surface area (Å²) in [6.45, 7) is 3.07. The van der Waals surface area contributed by atoms with Crippen molar-refractivity contribution in [3.63, 3.8) is 0 Å². The van der Waals surface area contributed by atoms with E-state index in [0.717, 1.165) is 22.0 Å². The van der Waals surface area contributed by atoms with Crippen LogP contribution in [0.15, 0.2) is 91.1 Å². The van der Waals surface area contributed by atoms with E-state index in [1.54, 1.807) is 54.7 Å². The second-order valence-electron chi connectivity index (χ2n) is 14.3. The zero-order valence-electron chi connectivity index (χ0n) is 30.8. The molecule has 3 aromatic carbocycles. The van der Waals surface area contributed by atoms with Crippen molar-refractivity contribution in [2.45, 2.75) is 88.3 Å². The summed E-state index contributed by atoms with van der Waals surface area (Å²) in [6.07, 6.45) is 1.30. The van der Waals surface area contributed by atoms with E-state index < -0.39 is 77.8 Å². The largest absolute Gasteiger partial charge is 0.391 e. The summed E-state index contributed by atoms with van der Waals surface area (Å²) in [5, 5.41) is 25.3. The first kappa shape index (κ1) is 38.7. The molecule has 7 N–H and O–H groups in total. The normalized spacial score (nSPS) is 25.1. The molecule has 14 heteroatoms. The lowest BCUT2D eigenvalue weighted by Gasteiger charge is -2.32. The topological polar surface area (TPSA) is 202 Å². The summed E-state index contributed by atoms with van der Waals surface area (Å²) >= 11 is 0. The lowest BCUT2D eigenvalue weighted by molar-refractivity contribution is -0.143. The van der Waals surface area contributed by atoms with E-state index >= 15 is 0 Å². The molecular weight excluding hydrogens is 702 g/mol. The fourth-order valence-corrected chi connectivity index (χ4v) is 7.21.